The molecule has 1 fully saturated rings. The van der Waals surface area contributed by atoms with Crippen LogP contribution < -0.4 is 10.6 Å². The molecule has 0 aliphatic carbocycles. The lowest BCUT2D eigenvalue weighted by molar-refractivity contribution is -0.142. The lowest BCUT2D eigenvalue weighted by Gasteiger charge is -2.26. The average Bonchev–Trinajstić information content (AvgIpc) is 2.54. The first-order valence-electron chi connectivity index (χ1n) is 7.05. The highest BCUT2D eigenvalue weighted by Crippen LogP contribution is 2.21. The van der Waals surface area contributed by atoms with Crippen LogP contribution in [-0.2, 0) is 19.1 Å². The highest BCUT2D eigenvalue weighted by atomic mass is 79.9. The molecule has 6 nitrogen and oxygen atoms in total. The highest BCUT2D eigenvalue weighted by molar-refractivity contribution is 9.10. The van der Waals surface area contributed by atoms with Crippen LogP contribution in [0.25, 0.3) is 0 Å². The molecule has 0 saturated carbocycles. The normalized spacial score (nSPS) is 18.4. The number of methoxy groups -OCH3 is 1. The average molecular weight is 408 g/mol. The molecule has 0 bridgehead atoms. The molecular formula is C15H20BrClN2O4. The lowest BCUT2D eigenvalue weighted by Crippen LogP contribution is -2.48. The molecule has 128 valence electrons. The van der Waals surface area contributed by atoms with Crippen LogP contribution in [0.15, 0.2) is 28.7 Å². The van der Waals surface area contributed by atoms with Crippen LogP contribution in [0, 0.1) is 0 Å². The van der Waals surface area contributed by atoms with Gasteiger partial charge in [0.25, 0.3) is 5.91 Å². The van der Waals surface area contributed by atoms with Gasteiger partial charge in [-0.2, -0.15) is 0 Å². The molecule has 2 atom stereocenters. The van der Waals surface area contributed by atoms with E-state index < -0.39 is 12.1 Å². The monoisotopic (exact) mass is 406 g/mol. The van der Waals surface area contributed by atoms with Crippen molar-refractivity contribution >= 4 is 40.2 Å². The Labute approximate surface area is 149 Å². The Kier molecular flexibility index (Phi) is 8.54. The van der Waals surface area contributed by atoms with Crippen molar-refractivity contribution in [2.45, 2.75) is 18.6 Å². The number of amides is 1. The van der Waals surface area contributed by atoms with Crippen molar-refractivity contribution in [3.05, 3.63) is 34.3 Å². The molecule has 1 amide bonds. The van der Waals surface area contributed by atoms with E-state index in [9.17, 15) is 9.59 Å². The predicted molar refractivity (Wildman–Crippen MR) is 91.5 cm³/mol. The standard InChI is InChI=1S/C15H19BrN2O4.ClH/c1-21-14(19)8-12(10-3-2-4-11(16)7-10)18-15(20)13-9-17-5-6-22-13;/h2-4,7,12-13,17H,5-6,8-9H2,1H3,(H,18,20);1H. The molecule has 2 N–H and O–H groups in total. The molecule has 8 heteroatoms. The summed E-state index contributed by atoms with van der Waals surface area (Å²) in [7, 11) is 1.33. The highest BCUT2D eigenvalue weighted by Gasteiger charge is 2.26. The zero-order valence-corrected chi connectivity index (χ0v) is 15.1. The van der Waals surface area contributed by atoms with Gasteiger partial charge in [0.15, 0.2) is 0 Å². The van der Waals surface area contributed by atoms with Crippen LogP contribution in [0.1, 0.15) is 18.0 Å². The zero-order valence-electron chi connectivity index (χ0n) is 12.7. The SMILES string of the molecule is COC(=O)CC(NC(=O)C1CNCCO1)c1cccc(Br)c1.Cl. The van der Waals surface area contributed by atoms with Gasteiger partial charge in [0.1, 0.15) is 6.10 Å². The minimum Gasteiger partial charge on any atom is -0.469 e. The smallest absolute Gasteiger partial charge is 0.307 e. The fourth-order valence-electron chi connectivity index (χ4n) is 2.22. The number of halogens is 2. The van der Waals surface area contributed by atoms with Crippen molar-refractivity contribution in [2.75, 3.05) is 26.8 Å². The molecule has 0 aromatic heterocycles. The number of carbonyl (C=O) groups excluding carboxylic acids is 2. The van der Waals surface area contributed by atoms with Crippen molar-refractivity contribution in [3.8, 4) is 0 Å². The second-order valence-corrected chi connectivity index (χ2v) is 5.88. The Morgan fingerprint density at radius 3 is 2.91 bits per heavy atom. The van der Waals surface area contributed by atoms with Crippen molar-refractivity contribution < 1.29 is 19.1 Å². The topological polar surface area (TPSA) is 76.7 Å². The third-order valence-corrected chi connectivity index (χ3v) is 3.88. The number of benzene rings is 1. The molecule has 1 saturated heterocycles. The van der Waals surface area contributed by atoms with Gasteiger partial charge < -0.3 is 20.1 Å². The molecule has 2 rings (SSSR count). The van der Waals surface area contributed by atoms with E-state index in [1.54, 1.807) is 0 Å². The van der Waals surface area contributed by atoms with Gasteiger partial charge in [-0.15, -0.1) is 12.4 Å². The maximum atomic E-state index is 12.3. The Hall–Kier alpha value is -1.15. The molecule has 1 aliphatic heterocycles. The molecule has 1 aromatic carbocycles. The van der Waals surface area contributed by atoms with Crippen LogP contribution >= 0.6 is 28.3 Å². The van der Waals surface area contributed by atoms with Gasteiger partial charge in [-0.25, -0.2) is 0 Å². The molecule has 1 aromatic rings. The van der Waals surface area contributed by atoms with Gasteiger partial charge in [0.05, 0.1) is 26.2 Å². The summed E-state index contributed by atoms with van der Waals surface area (Å²) in [6, 6.07) is 7.01. The maximum absolute atomic E-state index is 12.3. The second-order valence-electron chi connectivity index (χ2n) is 4.96. The number of nitrogens with one attached hydrogen (secondary N) is 2. The van der Waals surface area contributed by atoms with E-state index in [2.05, 4.69) is 26.6 Å². The van der Waals surface area contributed by atoms with Crippen molar-refractivity contribution in [1.29, 1.82) is 0 Å². The van der Waals surface area contributed by atoms with Crippen molar-refractivity contribution in [1.82, 2.24) is 10.6 Å². The van der Waals surface area contributed by atoms with E-state index in [1.165, 1.54) is 7.11 Å². The van der Waals surface area contributed by atoms with Gasteiger partial charge >= 0.3 is 5.97 Å². The third-order valence-electron chi connectivity index (χ3n) is 3.39. The quantitative estimate of drug-likeness (QED) is 0.725. The Bertz CT molecular complexity index is 538. The summed E-state index contributed by atoms with van der Waals surface area (Å²) < 4.78 is 11.0. The Morgan fingerprint density at radius 1 is 1.52 bits per heavy atom. The number of hydrogen-bond acceptors (Lipinski definition) is 5. The van der Waals surface area contributed by atoms with E-state index >= 15 is 0 Å². The predicted octanol–water partition coefficient (Wildman–Crippen LogP) is 1.58. The largest absolute Gasteiger partial charge is 0.469 e. The summed E-state index contributed by atoms with van der Waals surface area (Å²) in [6.07, 6.45) is -0.472. The number of rotatable bonds is 5. The molecular weight excluding hydrogens is 388 g/mol. The summed E-state index contributed by atoms with van der Waals surface area (Å²) in [6.45, 7) is 1.70. The summed E-state index contributed by atoms with van der Waals surface area (Å²) in [5.41, 5.74) is 0.830. The number of hydrogen-bond donors (Lipinski definition) is 2. The van der Waals surface area contributed by atoms with Gasteiger partial charge in [0, 0.05) is 17.6 Å². The molecule has 23 heavy (non-hydrogen) atoms. The van der Waals surface area contributed by atoms with Crippen molar-refractivity contribution in [2.24, 2.45) is 0 Å². The minimum absolute atomic E-state index is 0. The number of morpholine rings is 1. The van der Waals surface area contributed by atoms with Crippen LogP contribution in [0.5, 0.6) is 0 Å². The minimum atomic E-state index is -0.541. The van der Waals surface area contributed by atoms with Crippen LogP contribution in [-0.4, -0.2) is 44.8 Å². The first kappa shape index (κ1) is 19.9. The molecule has 0 spiro atoms. The first-order chi connectivity index (χ1) is 10.6. The van der Waals surface area contributed by atoms with Crippen LogP contribution in [0.3, 0.4) is 0 Å². The van der Waals surface area contributed by atoms with E-state index in [0.717, 1.165) is 16.6 Å². The first-order valence-corrected chi connectivity index (χ1v) is 7.84. The molecule has 0 radical (unpaired) electrons. The summed E-state index contributed by atoms with van der Waals surface area (Å²) in [5, 5.41) is 5.97. The maximum Gasteiger partial charge on any atom is 0.307 e. The zero-order chi connectivity index (χ0) is 15.9. The van der Waals surface area contributed by atoms with Crippen LogP contribution in [0.2, 0.25) is 0 Å². The summed E-state index contributed by atoms with van der Waals surface area (Å²) >= 11 is 3.39. The van der Waals surface area contributed by atoms with E-state index in [-0.39, 0.29) is 30.7 Å². The van der Waals surface area contributed by atoms with E-state index in [1.807, 2.05) is 24.3 Å². The molecule has 1 aliphatic rings. The molecule has 2 unspecified atom stereocenters. The van der Waals surface area contributed by atoms with Crippen molar-refractivity contribution in [3.63, 3.8) is 0 Å². The van der Waals surface area contributed by atoms with Crippen LogP contribution in [0.4, 0.5) is 0 Å². The van der Waals surface area contributed by atoms with Gasteiger partial charge in [-0.3, -0.25) is 9.59 Å². The summed E-state index contributed by atoms with van der Waals surface area (Å²) in [5.74, 6) is -0.617. The van der Waals surface area contributed by atoms with Gasteiger partial charge in [-0.1, -0.05) is 28.1 Å². The van der Waals surface area contributed by atoms with E-state index in [0.29, 0.717) is 13.2 Å². The summed E-state index contributed by atoms with van der Waals surface area (Å²) in [4.78, 5) is 23.9. The number of carbonyl (C=O) groups is 2. The van der Waals surface area contributed by atoms with Gasteiger partial charge in [-0.05, 0) is 17.7 Å². The second kappa shape index (κ2) is 9.87. The lowest BCUT2D eigenvalue weighted by atomic mass is 10.0. The molecule has 1 heterocycles. The Morgan fingerprint density at radius 2 is 2.30 bits per heavy atom. The van der Waals surface area contributed by atoms with E-state index in [4.69, 9.17) is 9.47 Å². The number of ether oxygens (including phenoxy) is 2. The number of esters is 1. The fourth-order valence-corrected chi connectivity index (χ4v) is 2.64. The Balaban J connectivity index is 0.00000264. The third kappa shape index (κ3) is 6.10. The van der Waals surface area contributed by atoms with Gasteiger partial charge in [0.2, 0.25) is 0 Å². The fraction of sp³-hybridized carbons (Fsp3) is 0.467.